The van der Waals surface area contributed by atoms with Crippen LogP contribution >= 0.6 is 11.3 Å². The monoisotopic (exact) mass is 304 g/mol. The van der Waals surface area contributed by atoms with Gasteiger partial charge >= 0.3 is 0 Å². The van der Waals surface area contributed by atoms with E-state index in [9.17, 15) is 13.2 Å². The number of nitrogens with one attached hydrogen (secondary N) is 2. The SMILES string of the molecule is CNc1nc(N)c(C(=O)NC2(C)CCS(=O)(=O)C2)s1. The van der Waals surface area contributed by atoms with Crippen molar-refractivity contribution >= 4 is 38.0 Å². The fourth-order valence-corrected chi connectivity index (χ4v) is 4.87. The van der Waals surface area contributed by atoms with Crippen LogP contribution in [0.25, 0.3) is 0 Å². The van der Waals surface area contributed by atoms with E-state index in [1.165, 1.54) is 0 Å². The summed E-state index contributed by atoms with van der Waals surface area (Å²) in [6.45, 7) is 1.73. The molecule has 1 fully saturated rings. The Bertz CT molecular complexity index is 610. The Morgan fingerprint density at radius 3 is 2.68 bits per heavy atom. The molecular weight excluding hydrogens is 288 g/mol. The molecule has 0 bridgehead atoms. The quantitative estimate of drug-likeness (QED) is 0.728. The Kier molecular flexibility index (Phi) is 3.43. The molecule has 1 aliphatic rings. The van der Waals surface area contributed by atoms with Gasteiger partial charge in [0.2, 0.25) is 0 Å². The minimum atomic E-state index is -3.06. The van der Waals surface area contributed by atoms with Crippen molar-refractivity contribution in [2.24, 2.45) is 0 Å². The van der Waals surface area contributed by atoms with Gasteiger partial charge in [0.1, 0.15) is 10.7 Å². The van der Waals surface area contributed by atoms with Crippen molar-refractivity contribution in [2.45, 2.75) is 18.9 Å². The molecule has 0 radical (unpaired) electrons. The fourth-order valence-electron chi connectivity index (χ4n) is 2.04. The highest BCUT2D eigenvalue weighted by atomic mass is 32.2. The second-order valence-corrected chi connectivity index (χ2v) is 8.02. The van der Waals surface area contributed by atoms with Gasteiger partial charge in [-0.15, -0.1) is 0 Å². The van der Waals surface area contributed by atoms with Crippen LogP contribution in [0.4, 0.5) is 10.9 Å². The molecule has 1 saturated heterocycles. The second-order valence-electron chi connectivity index (χ2n) is 4.84. The molecule has 2 rings (SSSR count). The molecule has 1 atom stereocenters. The molecule has 9 heteroatoms. The molecule has 106 valence electrons. The van der Waals surface area contributed by atoms with Crippen LogP contribution in [-0.4, -0.2) is 43.4 Å². The Morgan fingerprint density at radius 2 is 2.21 bits per heavy atom. The topological polar surface area (TPSA) is 114 Å². The van der Waals surface area contributed by atoms with Crippen molar-refractivity contribution in [3.63, 3.8) is 0 Å². The van der Waals surface area contributed by atoms with E-state index in [1.807, 2.05) is 0 Å². The van der Waals surface area contributed by atoms with Crippen molar-refractivity contribution in [1.82, 2.24) is 10.3 Å². The number of carbonyl (C=O) groups excluding carboxylic acids is 1. The highest BCUT2D eigenvalue weighted by molar-refractivity contribution is 7.91. The van der Waals surface area contributed by atoms with Crippen LogP contribution in [0, 0.1) is 0 Å². The Hall–Kier alpha value is -1.35. The van der Waals surface area contributed by atoms with E-state index in [0.717, 1.165) is 11.3 Å². The summed E-state index contributed by atoms with van der Waals surface area (Å²) < 4.78 is 23.0. The smallest absolute Gasteiger partial charge is 0.265 e. The summed E-state index contributed by atoms with van der Waals surface area (Å²) >= 11 is 1.14. The van der Waals surface area contributed by atoms with Gasteiger partial charge in [-0.05, 0) is 13.3 Å². The first kappa shape index (κ1) is 14.1. The minimum Gasteiger partial charge on any atom is -0.382 e. The first-order chi connectivity index (χ1) is 8.75. The van der Waals surface area contributed by atoms with Gasteiger partial charge in [0.25, 0.3) is 5.91 Å². The van der Waals surface area contributed by atoms with Crippen molar-refractivity contribution < 1.29 is 13.2 Å². The maximum Gasteiger partial charge on any atom is 0.265 e. The normalized spacial score (nSPS) is 25.2. The number of nitrogen functional groups attached to an aromatic ring is 1. The number of rotatable bonds is 3. The van der Waals surface area contributed by atoms with E-state index in [0.29, 0.717) is 16.4 Å². The molecule has 0 spiro atoms. The number of aromatic nitrogens is 1. The zero-order chi connectivity index (χ0) is 14.3. The third kappa shape index (κ3) is 2.98. The molecule has 1 unspecified atom stereocenters. The lowest BCUT2D eigenvalue weighted by Crippen LogP contribution is -2.46. The van der Waals surface area contributed by atoms with Gasteiger partial charge in [-0.1, -0.05) is 11.3 Å². The highest BCUT2D eigenvalue weighted by Crippen LogP contribution is 2.27. The molecule has 19 heavy (non-hydrogen) atoms. The lowest BCUT2D eigenvalue weighted by molar-refractivity contribution is 0.0920. The van der Waals surface area contributed by atoms with Gasteiger partial charge in [-0.3, -0.25) is 4.79 Å². The predicted molar refractivity (Wildman–Crippen MR) is 75.2 cm³/mol. The number of thiazole rings is 1. The first-order valence-electron chi connectivity index (χ1n) is 5.72. The van der Waals surface area contributed by atoms with Crippen LogP contribution < -0.4 is 16.4 Å². The Balaban J connectivity index is 2.15. The van der Waals surface area contributed by atoms with Gasteiger partial charge < -0.3 is 16.4 Å². The van der Waals surface area contributed by atoms with Crippen molar-refractivity contribution in [1.29, 1.82) is 0 Å². The summed E-state index contributed by atoms with van der Waals surface area (Å²) in [7, 11) is -1.38. The third-order valence-corrected chi connectivity index (χ3v) is 5.98. The lowest BCUT2D eigenvalue weighted by atomic mass is 10.0. The summed E-state index contributed by atoms with van der Waals surface area (Å²) in [4.78, 5) is 16.4. The number of carbonyl (C=O) groups is 1. The standard InChI is InChI=1S/C10H16N4O3S2/c1-10(3-4-19(16,17)5-10)14-8(15)6-7(11)13-9(12-2)18-6/h3-5,11H2,1-2H3,(H,12,13)(H,14,15). The van der Waals surface area contributed by atoms with Gasteiger partial charge in [0, 0.05) is 7.05 Å². The third-order valence-electron chi connectivity index (χ3n) is 2.99. The molecule has 0 aromatic carbocycles. The van der Waals surface area contributed by atoms with E-state index < -0.39 is 15.4 Å². The van der Waals surface area contributed by atoms with Crippen molar-refractivity contribution in [3.8, 4) is 0 Å². The van der Waals surface area contributed by atoms with E-state index in [2.05, 4.69) is 15.6 Å². The zero-order valence-electron chi connectivity index (χ0n) is 10.7. The highest BCUT2D eigenvalue weighted by Gasteiger charge is 2.40. The first-order valence-corrected chi connectivity index (χ1v) is 8.35. The zero-order valence-corrected chi connectivity index (χ0v) is 12.3. The van der Waals surface area contributed by atoms with E-state index in [1.54, 1.807) is 14.0 Å². The van der Waals surface area contributed by atoms with Crippen LogP contribution in [-0.2, 0) is 9.84 Å². The van der Waals surface area contributed by atoms with Gasteiger partial charge in [-0.2, -0.15) is 0 Å². The van der Waals surface area contributed by atoms with Crippen molar-refractivity contribution in [3.05, 3.63) is 4.88 Å². The molecule has 4 N–H and O–H groups in total. The average molecular weight is 304 g/mol. The van der Waals surface area contributed by atoms with Crippen LogP contribution in [0.3, 0.4) is 0 Å². The number of sulfone groups is 1. The van der Waals surface area contributed by atoms with E-state index >= 15 is 0 Å². The molecule has 0 aliphatic carbocycles. The van der Waals surface area contributed by atoms with Gasteiger partial charge in [0.15, 0.2) is 15.0 Å². The summed E-state index contributed by atoms with van der Waals surface area (Å²) in [5, 5.41) is 6.11. The number of nitrogens with two attached hydrogens (primary N) is 1. The number of hydrogen-bond acceptors (Lipinski definition) is 7. The lowest BCUT2D eigenvalue weighted by Gasteiger charge is -2.23. The van der Waals surface area contributed by atoms with Crippen LogP contribution in [0.5, 0.6) is 0 Å². The average Bonchev–Trinajstić information content (AvgIpc) is 2.79. The molecule has 1 amide bonds. The number of anilines is 2. The summed E-state index contributed by atoms with van der Waals surface area (Å²) in [6, 6.07) is 0. The minimum absolute atomic E-state index is 0.0384. The maximum atomic E-state index is 12.1. The number of nitrogens with zero attached hydrogens (tertiary/aromatic N) is 1. The summed E-state index contributed by atoms with van der Waals surface area (Å²) in [5.41, 5.74) is 4.94. The summed E-state index contributed by atoms with van der Waals surface area (Å²) in [5.74, 6) is -0.167. The van der Waals surface area contributed by atoms with Gasteiger partial charge in [0.05, 0.1) is 17.0 Å². The van der Waals surface area contributed by atoms with Crippen molar-refractivity contribution in [2.75, 3.05) is 29.6 Å². The van der Waals surface area contributed by atoms with Crippen LogP contribution in [0.2, 0.25) is 0 Å². The molecule has 1 aliphatic heterocycles. The summed E-state index contributed by atoms with van der Waals surface area (Å²) in [6.07, 6.45) is 0.415. The van der Waals surface area contributed by atoms with Gasteiger partial charge in [-0.25, -0.2) is 13.4 Å². The number of hydrogen-bond donors (Lipinski definition) is 3. The molecule has 1 aromatic rings. The maximum absolute atomic E-state index is 12.1. The Labute approximate surface area is 115 Å². The molecule has 2 heterocycles. The second kappa shape index (κ2) is 4.64. The molecule has 0 saturated carbocycles. The van der Waals surface area contributed by atoms with Crippen LogP contribution in [0.1, 0.15) is 23.0 Å². The Morgan fingerprint density at radius 1 is 1.53 bits per heavy atom. The van der Waals surface area contributed by atoms with Crippen LogP contribution in [0.15, 0.2) is 0 Å². The molecular formula is C10H16N4O3S2. The molecule has 1 aromatic heterocycles. The number of amides is 1. The van der Waals surface area contributed by atoms with E-state index in [-0.39, 0.29) is 23.2 Å². The van der Waals surface area contributed by atoms with E-state index in [4.69, 9.17) is 5.73 Å². The fraction of sp³-hybridized carbons (Fsp3) is 0.600. The predicted octanol–water partition coefficient (Wildman–Crippen LogP) is 0.0740. The largest absolute Gasteiger partial charge is 0.382 e. The molecule has 7 nitrogen and oxygen atoms in total.